The number of para-hydroxylation sites is 1. The molecule has 134 valence electrons. The van der Waals surface area contributed by atoms with Crippen LogP contribution in [0.2, 0.25) is 0 Å². The first-order chi connectivity index (χ1) is 12.4. The summed E-state index contributed by atoms with van der Waals surface area (Å²) in [6, 6.07) is 14.5. The van der Waals surface area contributed by atoms with Gasteiger partial charge < -0.3 is 5.32 Å². The highest BCUT2D eigenvalue weighted by Crippen LogP contribution is 2.31. The number of anilines is 1. The lowest BCUT2D eigenvalue weighted by atomic mass is 9.99. The van der Waals surface area contributed by atoms with Crippen molar-refractivity contribution < 1.29 is 18.0 Å². The number of nitrogens with one attached hydrogen (secondary N) is 1. The molecule has 4 nitrogen and oxygen atoms in total. The average Bonchev–Trinajstić information content (AvgIpc) is 2.91. The highest BCUT2D eigenvalue weighted by atomic mass is 19.3. The van der Waals surface area contributed by atoms with E-state index >= 15 is 0 Å². The molecule has 0 aliphatic heterocycles. The fraction of sp³-hybridized carbons (Fsp3) is 0.158. The maximum Gasteiger partial charge on any atom is 0.283 e. The molecule has 1 aromatic heterocycles. The summed E-state index contributed by atoms with van der Waals surface area (Å²) in [6.07, 6.45) is -3.06. The number of aryl methyl sites for hydroxylation is 2. The molecular formula is C19H16F3N3O. The zero-order valence-corrected chi connectivity index (χ0v) is 14.1. The Morgan fingerprint density at radius 1 is 1.08 bits per heavy atom. The molecule has 26 heavy (non-hydrogen) atoms. The van der Waals surface area contributed by atoms with Gasteiger partial charge in [-0.2, -0.15) is 9.49 Å². The van der Waals surface area contributed by atoms with Gasteiger partial charge in [0.25, 0.3) is 12.3 Å². The van der Waals surface area contributed by atoms with Crippen LogP contribution in [0.15, 0.2) is 48.5 Å². The minimum Gasteiger partial charge on any atom is -0.321 e. The van der Waals surface area contributed by atoms with Crippen molar-refractivity contribution in [2.75, 3.05) is 5.32 Å². The Labute approximate surface area is 148 Å². The Balaban J connectivity index is 2.02. The molecular weight excluding hydrogens is 343 g/mol. The van der Waals surface area contributed by atoms with Crippen molar-refractivity contribution in [3.05, 3.63) is 71.3 Å². The van der Waals surface area contributed by atoms with Gasteiger partial charge in [-0.3, -0.25) is 4.79 Å². The van der Waals surface area contributed by atoms with Gasteiger partial charge in [0.05, 0.1) is 0 Å². The fourth-order valence-corrected chi connectivity index (χ4v) is 2.77. The van der Waals surface area contributed by atoms with Gasteiger partial charge in [0.2, 0.25) is 5.95 Å². The Hall–Kier alpha value is -3.09. The molecule has 0 saturated heterocycles. The molecule has 0 radical (unpaired) electrons. The predicted molar refractivity (Wildman–Crippen MR) is 92.7 cm³/mol. The van der Waals surface area contributed by atoms with Gasteiger partial charge in [-0.05, 0) is 24.1 Å². The first-order valence-electron chi connectivity index (χ1n) is 7.87. The molecule has 0 atom stereocenters. The van der Waals surface area contributed by atoms with E-state index in [1.165, 1.54) is 7.05 Å². The van der Waals surface area contributed by atoms with Crippen molar-refractivity contribution >= 4 is 11.6 Å². The molecule has 1 amide bonds. The highest BCUT2D eigenvalue weighted by molar-refractivity contribution is 6.07. The zero-order valence-electron chi connectivity index (χ0n) is 14.1. The number of carbonyl (C=O) groups excluding carboxylic acids is 1. The van der Waals surface area contributed by atoms with Crippen LogP contribution in [0.1, 0.15) is 28.0 Å². The molecule has 0 aliphatic carbocycles. The number of carbonyl (C=O) groups is 1. The zero-order chi connectivity index (χ0) is 18.8. The minimum atomic E-state index is -3.06. The summed E-state index contributed by atoms with van der Waals surface area (Å²) in [6.45, 7) is 1.92. The molecule has 3 aromatic rings. The first kappa shape index (κ1) is 17.7. The summed E-state index contributed by atoms with van der Waals surface area (Å²) in [5, 5.41) is 5.93. The van der Waals surface area contributed by atoms with Crippen LogP contribution in [0.5, 0.6) is 0 Å². The molecule has 0 bridgehead atoms. The number of amides is 1. The van der Waals surface area contributed by atoms with Crippen LogP contribution in [-0.2, 0) is 7.05 Å². The van der Waals surface area contributed by atoms with Crippen molar-refractivity contribution in [1.29, 1.82) is 0 Å². The molecule has 0 unspecified atom stereocenters. The topological polar surface area (TPSA) is 46.9 Å². The van der Waals surface area contributed by atoms with Crippen LogP contribution in [0.3, 0.4) is 0 Å². The van der Waals surface area contributed by atoms with E-state index in [0.29, 0.717) is 15.9 Å². The summed E-state index contributed by atoms with van der Waals surface area (Å²) < 4.78 is 40.9. The Morgan fingerprint density at radius 3 is 2.35 bits per heavy atom. The second-order valence-electron chi connectivity index (χ2n) is 5.79. The molecule has 0 aliphatic rings. The van der Waals surface area contributed by atoms with E-state index in [9.17, 15) is 18.0 Å². The van der Waals surface area contributed by atoms with Crippen LogP contribution in [-0.4, -0.2) is 15.7 Å². The van der Waals surface area contributed by atoms with Crippen molar-refractivity contribution in [2.45, 2.75) is 13.3 Å². The number of halogens is 3. The van der Waals surface area contributed by atoms with Crippen LogP contribution in [0, 0.1) is 12.9 Å². The largest absolute Gasteiger partial charge is 0.321 e. The third kappa shape index (κ3) is 3.20. The monoisotopic (exact) mass is 359 g/mol. The quantitative estimate of drug-likeness (QED) is 0.732. The van der Waals surface area contributed by atoms with Crippen LogP contribution < -0.4 is 5.32 Å². The van der Waals surface area contributed by atoms with Crippen LogP contribution in [0.4, 0.5) is 18.9 Å². The second-order valence-corrected chi connectivity index (χ2v) is 5.79. The van der Waals surface area contributed by atoms with E-state index in [4.69, 9.17) is 0 Å². The molecule has 1 heterocycles. The summed E-state index contributed by atoms with van der Waals surface area (Å²) in [7, 11) is 1.17. The number of nitrogens with zero attached hydrogens (tertiary/aromatic N) is 2. The normalized spacial score (nSPS) is 11.0. The lowest BCUT2D eigenvalue weighted by Crippen LogP contribution is -2.16. The van der Waals surface area contributed by atoms with Gasteiger partial charge in [-0.1, -0.05) is 42.5 Å². The molecule has 3 rings (SSSR count). The smallest absolute Gasteiger partial charge is 0.283 e. The Bertz CT molecular complexity index is 966. The number of hydrogen-bond acceptors (Lipinski definition) is 2. The van der Waals surface area contributed by atoms with E-state index in [1.54, 1.807) is 24.3 Å². The van der Waals surface area contributed by atoms with E-state index in [-0.39, 0.29) is 0 Å². The van der Waals surface area contributed by atoms with Crippen LogP contribution >= 0.6 is 0 Å². The second kappa shape index (κ2) is 7.03. The maximum atomic E-state index is 14.1. The van der Waals surface area contributed by atoms with Crippen LogP contribution in [0.25, 0.3) is 11.1 Å². The summed E-state index contributed by atoms with van der Waals surface area (Å²) in [5.41, 5.74) is 1.34. The summed E-state index contributed by atoms with van der Waals surface area (Å²) in [4.78, 5) is 12.5. The van der Waals surface area contributed by atoms with Gasteiger partial charge in [0, 0.05) is 18.3 Å². The molecule has 7 heteroatoms. The number of rotatable bonds is 4. The van der Waals surface area contributed by atoms with E-state index in [1.807, 2.05) is 31.2 Å². The lowest BCUT2D eigenvalue weighted by molar-refractivity contribution is 0.100. The summed E-state index contributed by atoms with van der Waals surface area (Å²) in [5.74, 6) is -2.07. The van der Waals surface area contributed by atoms with Crippen molar-refractivity contribution in [3.8, 4) is 11.1 Å². The number of aromatic nitrogens is 2. The SMILES string of the molecule is Cc1ccccc1-c1ccccc1NC(=O)c1c(C(F)F)nn(C)c1F. The molecule has 0 spiro atoms. The molecule has 1 N–H and O–H groups in total. The van der Waals surface area contributed by atoms with Gasteiger partial charge in [0.15, 0.2) is 0 Å². The van der Waals surface area contributed by atoms with Crippen molar-refractivity contribution in [2.24, 2.45) is 7.05 Å². The van der Waals surface area contributed by atoms with Crippen molar-refractivity contribution in [1.82, 2.24) is 9.78 Å². The van der Waals surface area contributed by atoms with Gasteiger partial charge in [-0.15, -0.1) is 0 Å². The highest BCUT2D eigenvalue weighted by Gasteiger charge is 2.28. The molecule has 2 aromatic carbocycles. The minimum absolute atomic E-state index is 0.398. The third-order valence-electron chi connectivity index (χ3n) is 4.05. The number of hydrogen-bond donors (Lipinski definition) is 1. The third-order valence-corrected chi connectivity index (χ3v) is 4.05. The van der Waals surface area contributed by atoms with Gasteiger partial charge in [-0.25, -0.2) is 13.5 Å². The van der Waals surface area contributed by atoms with E-state index in [0.717, 1.165) is 11.1 Å². The Morgan fingerprint density at radius 2 is 1.69 bits per heavy atom. The standard InChI is InChI=1S/C19H16F3N3O/c1-11-7-3-4-8-12(11)13-9-5-6-10-14(13)23-19(26)15-16(17(20)21)24-25(2)18(15)22/h3-10,17H,1-2H3,(H,23,26). The lowest BCUT2D eigenvalue weighted by Gasteiger charge is -2.13. The molecule has 0 fully saturated rings. The van der Waals surface area contributed by atoms with E-state index < -0.39 is 29.5 Å². The van der Waals surface area contributed by atoms with E-state index in [2.05, 4.69) is 10.4 Å². The predicted octanol–water partition coefficient (Wildman–Crippen LogP) is 4.72. The average molecular weight is 359 g/mol. The first-order valence-corrected chi connectivity index (χ1v) is 7.87. The fourth-order valence-electron chi connectivity index (χ4n) is 2.77. The number of alkyl halides is 2. The number of benzene rings is 2. The van der Waals surface area contributed by atoms with Gasteiger partial charge in [0.1, 0.15) is 11.3 Å². The summed E-state index contributed by atoms with van der Waals surface area (Å²) >= 11 is 0. The molecule has 0 saturated carbocycles. The van der Waals surface area contributed by atoms with Gasteiger partial charge >= 0.3 is 0 Å². The maximum absolute atomic E-state index is 14.1. The van der Waals surface area contributed by atoms with Crippen molar-refractivity contribution in [3.63, 3.8) is 0 Å². The Kier molecular flexibility index (Phi) is 4.79.